The third-order valence-electron chi connectivity index (χ3n) is 3.93. The van der Waals surface area contributed by atoms with E-state index in [1.54, 1.807) is 19.9 Å². The Hall–Kier alpha value is -2.77. The van der Waals surface area contributed by atoms with Crippen LogP contribution < -0.4 is 10.5 Å². The van der Waals surface area contributed by atoms with Crippen LogP contribution >= 0.6 is 0 Å². The van der Waals surface area contributed by atoms with E-state index in [4.69, 9.17) is 8.94 Å². The van der Waals surface area contributed by atoms with Gasteiger partial charge in [-0.2, -0.15) is 13.2 Å². The van der Waals surface area contributed by atoms with E-state index in [-0.39, 0.29) is 11.0 Å². The van der Waals surface area contributed by atoms with E-state index in [0.717, 1.165) is 5.69 Å². The van der Waals surface area contributed by atoms with Crippen LogP contribution in [0.25, 0.3) is 11.0 Å². The normalized spacial score (nSPS) is 11.9. The molecular formula is C17H15F3N2O3. The third kappa shape index (κ3) is 2.99. The summed E-state index contributed by atoms with van der Waals surface area (Å²) in [6.07, 6.45) is -4.64. The van der Waals surface area contributed by atoms with E-state index in [0.29, 0.717) is 29.8 Å². The maximum absolute atomic E-state index is 13.1. The van der Waals surface area contributed by atoms with E-state index in [2.05, 4.69) is 5.16 Å². The summed E-state index contributed by atoms with van der Waals surface area (Å²) in [5, 5.41) is 3.73. The molecule has 0 spiro atoms. The van der Waals surface area contributed by atoms with Gasteiger partial charge in [-0.15, -0.1) is 0 Å². The number of aromatic nitrogens is 1. The van der Waals surface area contributed by atoms with Crippen LogP contribution in [0.3, 0.4) is 0 Å². The van der Waals surface area contributed by atoms with Crippen molar-refractivity contribution >= 4 is 22.3 Å². The molecule has 3 aromatic rings. The molecule has 0 N–H and O–H groups in total. The zero-order valence-electron chi connectivity index (χ0n) is 13.8. The summed E-state index contributed by atoms with van der Waals surface area (Å²) in [6.45, 7) is 5.94. The van der Waals surface area contributed by atoms with E-state index in [1.807, 2.05) is 11.8 Å². The lowest BCUT2D eigenvalue weighted by Crippen LogP contribution is -2.17. The van der Waals surface area contributed by atoms with Crippen LogP contribution in [-0.4, -0.2) is 11.7 Å². The first-order valence-electron chi connectivity index (χ1n) is 7.58. The molecule has 3 rings (SSSR count). The fourth-order valence-electron chi connectivity index (χ4n) is 2.89. The molecule has 0 saturated carbocycles. The Morgan fingerprint density at radius 2 is 1.92 bits per heavy atom. The predicted molar refractivity (Wildman–Crippen MR) is 86.1 cm³/mol. The molecular weight excluding hydrogens is 337 g/mol. The summed E-state index contributed by atoms with van der Waals surface area (Å²) in [5.41, 5.74) is -0.210. The Balaban J connectivity index is 2.20. The van der Waals surface area contributed by atoms with Gasteiger partial charge in [-0.1, -0.05) is 5.16 Å². The van der Waals surface area contributed by atoms with E-state index < -0.39 is 17.4 Å². The van der Waals surface area contributed by atoms with Crippen molar-refractivity contribution in [2.24, 2.45) is 0 Å². The van der Waals surface area contributed by atoms with Crippen molar-refractivity contribution in [3.05, 3.63) is 51.7 Å². The Kier molecular flexibility index (Phi) is 4.06. The van der Waals surface area contributed by atoms with Crippen LogP contribution in [-0.2, 0) is 6.18 Å². The molecule has 0 bridgehead atoms. The standard InChI is InChI=1S/C17H15F3N2O3/c1-4-22(16-9(2)21-25-10(16)3)11-5-6-12-13(17(18,19)20)8-15(23)24-14(12)7-11/h5-8H,4H2,1-3H3. The van der Waals surface area contributed by atoms with Crippen molar-refractivity contribution in [1.82, 2.24) is 5.16 Å². The summed E-state index contributed by atoms with van der Waals surface area (Å²) in [7, 11) is 0. The number of rotatable bonds is 3. The molecule has 0 radical (unpaired) electrons. The second-order valence-electron chi connectivity index (χ2n) is 5.57. The first-order valence-corrected chi connectivity index (χ1v) is 7.58. The Morgan fingerprint density at radius 1 is 1.20 bits per heavy atom. The monoisotopic (exact) mass is 352 g/mol. The lowest BCUT2D eigenvalue weighted by atomic mass is 10.1. The van der Waals surface area contributed by atoms with Crippen molar-refractivity contribution < 1.29 is 22.1 Å². The molecule has 2 heterocycles. The molecule has 0 aliphatic heterocycles. The zero-order valence-corrected chi connectivity index (χ0v) is 13.8. The third-order valence-corrected chi connectivity index (χ3v) is 3.93. The highest BCUT2D eigenvalue weighted by atomic mass is 19.4. The molecule has 8 heteroatoms. The smallest absolute Gasteiger partial charge is 0.417 e. The van der Waals surface area contributed by atoms with E-state index >= 15 is 0 Å². The first-order chi connectivity index (χ1) is 11.7. The number of aryl methyl sites for hydroxylation is 2. The maximum Gasteiger partial charge on any atom is 0.417 e. The molecule has 25 heavy (non-hydrogen) atoms. The molecule has 0 aliphatic carbocycles. The number of alkyl halides is 3. The van der Waals surface area contributed by atoms with Crippen molar-refractivity contribution in [1.29, 1.82) is 0 Å². The van der Waals surface area contributed by atoms with Gasteiger partial charge in [0.25, 0.3) is 0 Å². The SMILES string of the molecule is CCN(c1ccc2c(C(F)(F)F)cc(=O)oc2c1)c1c(C)noc1C. The molecule has 0 atom stereocenters. The highest BCUT2D eigenvalue weighted by Crippen LogP contribution is 2.37. The Bertz CT molecular complexity index is 969. The predicted octanol–water partition coefficient (Wildman–Crippen LogP) is 4.57. The number of nitrogens with zero attached hydrogens (tertiary/aromatic N) is 2. The van der Waals surface area contributed by atoms with Crippen LogP contribution in [0.5, 0.6) is 0 Å². The molecule has 0 aliphatic rings. The molecule has 132 valence electrons. The maximum atomic E-state index is 13.1. The van der Waals surface area contributed by atoms with Crippen molar-refractivity contribution in [3.63, 3.8) is 0 Å². The number of halogens is 3. The van der Waals surface area contributed by atoms with Gasteiger partial charge in [0, 0.05) is 29.8 Å². The molecule has 0 unspecified atom stereocenters. The molecule has 5 nitrogen and oxygen atoms in total. The van der Waals surface area contributed by atoms with Crippen molar-refractivity contribution in [2.75, 3.05) is 11.4 Å². The van der Waals surface area contributed by atoms with E-state index in [9.17, 15) is 18.0 Å². The van der Waals surface area contributed by atoms with Gasteiger partial charge in [0.05, 0.1) is 5.56 Å². The Morgan fingerprint density at radius 3 is 2.48 bits per heavy atom. The quantitative estimate of drug-likeness (QED) is 0.646. The average molecular weight is 352 g/mol. The molecule has 0 amide bonds. The van der Waals surface area contributed by atoms with Gasteiger partial charge in [0.1, 0.15) is 17.0 Å². The lowest BCUT2D eigenvalue weighted by Gasteiger charge is -2.23. The van der Waals surface area contributed by atoms with Gasteiger partial charge < -0.3 is 13.8 Å². The minimum Gasteiger partial charge on any atom is -0.423 e. The van der Waals surface area contributed by atoms with Crippen LogP contribution in [0.1, 0.15) is 23.9 Å². The largest absolute Gasteiger partial charge is 0.423 e. The highest BCUT2D eigenvalue weighted by molar-refractivity contribution is 5.85. The molecule has 0 saturated heterocycles. The summed E-state index contributed by atoms with van der Waals surface area (Å²) >= 11 is 0. The van der Waals surface area contributed by atoms with Gasteiger partial charge in [0.15, 0.2) is 5.76 Å². The minimum absolute atomic E-state index is 0.123. The number of fused-ring (bicyclic) bond motifs is 1. The minimum atomic E-state index is -4.64. The average Bonchev–Trinajstić information content (AvgIpc) is 2.86. The number of benzene rings is 1. The topological polar surface area (TPSA) is 59.5 Å². The lowest BCUT2D eigenvalue weighted by molar-refractivity contribution is -0.136. The summed E-state index contributed by atoms with van der Waals surface area (Å²) in [5.74, 6) is 0.588. The van der Waals surface area contributed by atoms with Gasteiger partial charge >= 0.3 is 11.8 Å². The van der Waals surface area contributed by atoms with Crippen LogP contribution in [0.2, 0.25) is 0 Å². The Labute approximate surface area is 140 Å². The number of hydrogen-bond acceptors (Lipinski definition) is 5. The van der Waals surface area contributed by atoms with Crippen LogP contribution in [0.4, 0.5) is 24.5 Å². The fourth-order valence-corrected chi connectivity index (χ4v) is 2.89. The number of anilines is 2. The van der Waals surface area contributed by atoms with E-state index in [1.165, 1.54) is 12.1 Å². The second-order valence-corrected chi connectivity index (χ2v) is 5.57. The molecule has 2 aromatic heterocycles. The van der Waals surface area contributed by atoms with Crippen molar-refractivity contribution in [2.45, 2.75) is 26.9 Å². The van der Waals surface area contributed by atoms with Gasteiger partial charge in [-0.05, 0) is 32.9 Å². The van der Waals surface area contributed by atoms with Crippen LogP contribution in [0.15, 0.2) is 38.0 Å². The second kappa shape index (κ2) is 5.94. The van der Waals surface area contributed by atoms with Gasteiger partial charge in [0.2, 0.25) is 0 Å². The highest BCUT2D eigenvalue weighted by Gasteiger charge is 2.34. The van der Waals surface area contributed by atoms with Crippen LogP contribution in [0, 0.1) is 13.8 Å². The zero-order chi connectivity index (χ0) is 18.4. The summed E-state index contributed by atoms with van der Waals surface area (Å²) in [4.78, 5) is 13.4. The van der Waals surface area contributed by atoms with Gasteiger partial charge in [-0.25, -0.2) is 4.79 Å². The van der Waals surface area contributed by atoms with Crippen molar-refractivity contribution in [3.8, 4) is 0 Å². The summed E-state index contributed by atoms with van der Waals surface area (Å²) < 4.78 is 49.6. The fraction of sp³-hybridized carbons (Fsp3) is 0.294. The molecule has 1 aromatic carbocycles. The first kappa shape index (κ1) is 17.1. The van der Waals surface area contributed by atoms with Gasteiger partial charge in [-0.3, -0.25) is 0 Å². The number of hydrogen-bond donors (Lipinski definition) is 0. The summed E-state index contributed by atoms with van der Waals surface area (Å²) in [6, 6.07) is 4.74. The molecule has 0 fully saturated rings.